The molecular weight excluding hydrogens is 237 g/mol. The molecule has 0 bridgehead atoms. The summed E-state index contributed by atoms with van der Waals surface area (Å²) in [7, 11) is 0. The highest BCUT2D eigenvalue weighted by Gasteiger charge is 2.06. The van der Waals surface area contributed by atoms with E-state index in [0.717, 1.165) is 12.5 Å². The topological polar surface area (TPSA) is 12.0 Å². The van der Waals surface area contributed by atoms with Crippen LogP contribution in [0, 0.1) is 5.92 Å². The molecule has 0 aromatic carbocycles. The third-order valence-corrected chi connectivity index (χ3v) is 2.50. The fourth-order valence-corrected chi connectivity index (χ4v) is 1.67. The summed E-state index contributed by atoms with van der Waals surface area (Å²) in [5.74, 6) is 0.857. The molecular formula is C8H14IN. The second kappa shape index (κ2) is 5.13. The van der Waals surface area contributed by atoms with Gasteiger partial charge >= 0.3 is 0 Å². The second-order valence-electron chi connectivity index (χ2n) is 2.79. The van der Waals surface area contributed by atoms with E-state index in [0.29, 0.717) is 0 Å². The lowest BCUT2D eigenvalue weighted by molar-refractivity contribution is 0.508. The van der Waals surface area contributed by atoms with E-state index < -0.39 is 0 Å². The summed E-state index contributed by atoms with van der Waals surface area (Å²) < 4.78 is 3.15. The van der Waals surface area contributed by atoms with Crippen LogP contribution in [-0.2, 0) is 0 Å². The number of allylic oxidation sites excluding steroid dienone is 2. The lowest BCUT2D eigenvalue weighted by atomic mass is 9.93. The molecule has 0 aromatic rings. The molecule has 0 fully saturated rings. The Morgan fingerprint density at radius 3 is 3.10 bits per heavy atom. The molecule has 1 aliphatic rings. The summed E-state index contributed by atoms with van der Waals surface area (Å²) in [6, 6.07) is 0. The number of hydrogen-bond donors (Lipinski definition) is 1. The van der Waals surface area contributed by atoms with Gasteiger partial charge in [0.15, 0.2) is 0 Å². The van der Waals surface area contributed by atoms with E-state index in [4.69, 9.17) is 0 Å². The summed E-state index contributed by atoms with van der Waals surface area (Å²) in [5.41, 5.74) is 0. The zero-order chi connectivity index (χ0) is 7.23. The van der Waals surface area contributed by atoms with Crippen LogP contribution in [0.5, 0.6) is 0 Å². The van der Waals surface area contributed by atoms with E-state index in [1.54, 1.807) is 0 Å². The Bertz CT molecular complexity index is 112. The molecule has 1 atom stereocenters. The highest BCUT2D eigenvalue weighted by molar-refractivity contribution is 14.1. The molecule has 2 heteroatoms. The van der Waals surface area contributed by atoms with Gasteiger partial charge in [-0.1, -0.05) is 12.2 Å². The van der Waals surface area contributed by atoms with Crippen molar-refractivity contribution in [2.75, 3.05) is 6.54 Å². The van der Waals surface area contributed by atoms with Crippen LogP contribution in [0.25, 0.3) is 0 Å². The van der Waals surface area contributed by atoms with Crippen LogP contribution in [0.2, 0.25) is 0 Å². The average molecular weight is 251 g/mol. The van der Waals surface area contributed by atoms with Crippen LogP contribution in [-0.4, -0.2) is 6.54 Å². The van der Waals surface area contributed by atoms with Crippen molar-refractivity contribution in [3.05, 3.63) is 12.2 Å². The Morgan fingerprint density at radius 2 is 2.50 bits per heavy atom. The standard InChI is InChI=1S/C8H14IN/c9-10-7-6-8-4-2-1-3-5-8/h2,4,8,10H,1,3,5-7H2. The fourth-order valence-electron chi connectivity index (χ4n) is 1.36. The monoisotopic (exact) mass is 251 g/mol. The first-order valence-electron chi connectivity index (χ1n) is 3.93. The Labute approximate surface area is 76.8 Å². The van der Waals surface area contributed by atoms with Crippen molar-refractivity contribution in [1.82, 2.24) is 3.53 Å². The third kappa shape index (κ3) is 3.01. The van der Waals surface area contributed by atoms with Crippen molar-refractivity contribution in [3.8, 4) is 0 Å². The van der Waals surface area contributed by atoms with Crippen LogP contribution in [0.4, 0.5) is 0 Å². The third-order valence-electron chi connectivity index (χ3n) is 1.96. The molecule has 0 radical (unpaired) electrons. The molecule has 58 valence electrons. The summed E-state index contributed by atoms with van der Waals surface area (Å²) in [6.45, 7) is 1.15. The molecule has 1 N–H and O–H groups in total. The van der Waals surface area contributed by atoms with Gasteiger partial charge in [-0.05, 0) is 31.6 Å². The summed E-state index contributed by atoms with van der Waals surface area (Å²) in [6.07, 6.45) is 10.1. The van der Waals surface area contributed by atoms with Gasteiger partial charge in [-0.2, -0.15) is 0 Å². The van der Waals surface area contributed by atoms with Crippen molar-refractivity contribution in [2.24, 2.45) is 5.92 Å². The predicted molar refractivity (Wildman–Crippen MR) is 53.1 cm³/mol. The smallest absolute Gasteiger partial charge is 0.0169 e. The predicted octanol–water partition coefficient (Wildman–Crippen LogP) is 2.67. The molecule has 0 saturated heterocycles. The van der Waals surface area contributed by atoms with Gasteiger partial charge in [0, 0.05) is 29.4 Å². The second-order valence-corrected chi connectivity index (χ2v) is 3.55. The van der Waals surface area contributed by atoms with E-state index in [1.807, 2.05) is 0 Å². The van der Waals surface area contributed by atoms with Crippen molar-refractivity contribution in [2.45, 2.75) is 25.7 Å². The van der Waals surface area contributed by atoms with Gasteiger partial charge in [0.25, 0.3) is 0 Å². The van der Waals surface area contributed by atoms with Crippen molar-refractivity contribution in [3.63, 3.8) is 0 Å². The molecule has 0 saturated carbocycles. The average Bonchev–Trinajstić information content (AvgIpc) is 2.03. The maximum Gasteiger partial charge on any atom is 0.0169 e. The number of rotatable bonds is 3. The van der Waals surface area contributed by atoms with E-state index in [-0.39, 0.29) is 0 Å². The quantitative estimate of drug-likeness (QED) is 0.462. The number of halogens is 1. The van der Waals surface area contributed by atoms with Gasteiger partial charge in [0.1, 0.15) is 0 Å². The Balaban J connectivity index is 2.13. The highest BCUT2D eigenvalue weighted by atomic mass is 127. The first-order valence-corrected chi connectivity index (χ1v) is 5.01. The summed E-state index contributed by atoms with van der Waals surface area (Å²) >= 11 is 2.21. The fraction of sp³-hybridized carbons (Fsp3) is 0.750. The molecule has 0 aromatic heterocycles. The van der Waals surface area contributed by atoms with Crippen LogP contribution >= 0.6 is 22.9 Å². The molecule has 0 amide bonds. The van der Waals surface area contributed by atoms with Crippen molar-refractivity contribution < 1.29 is 0 Å². The zero-order valence-corrected chi connectivity index (χ0v) is 8.30. The Kier molecular flexibility index (Phi) is 4.37. The van der Waals surface area contributed by atoms with Crippen LogP contribution in [0.1, 0.15) is 25.7 Å². The number of hydrogen-bond acceptors (Lipinski definition) is 1. The zero-order valence-electron chi connectivity index (χ0n) is 6.15. The molecule has 1 aliphatic carbocycles. The van der Waals surface area contributed by atoms with E-state index in [2.05, 4.69) is 38.5 Å². The summed E-state index contributed by atoms with van der Waals surface area (Å²) in [4.78, 5) is 0. The molecule has 0 heterocycles. The Morgan fingerprint density at radius 1 is 1.60 bits per heavy atom. The first kappa shape index (κ1) is 8.53. The SMILES string of the molecule is INCCC1C=CCCC1. The van der Waals surface area contributed by atoms with Gasteiger partial charge in [0.05, 0.1) is 0 Å². The molecule has 0 spiro atoms. The first-order chi connectivity index (χ1) is 4.93. The minimum absolute atomic E-state index is 0.857. The van der Waals surface area contributed by atoms with Crippen molar-refractivity contribution >= 4 is 22.9 Å². The minimum Gasteiger partial charge on any atom is -0.261 e. The van der Waals surface area contributed by atoms with Gasteiger partial charge in [-0.25, -0.2) is 0 Å². The number of nitrogens with one attached hydrogen (secondary N) is 1. The lowest BCUT2D eigenvalue weighted by Crippen LogP contribution is -2.08. The maximum absolute atomic E-state index is 3.15. The van der Waals surface area contributed by atoms with Crippen molar-refractivity contribution in [1.29, 1.82) is 0 Å². The summed E-state index contributed by atoms with van der Waals surface area (Å²) in [5, 5.41) is 0. The van der Waals surface area contributed by atoms with Gasteiger partial charge in [-0.15, -0.1) is 0 Å². The van der Waals surface area contributed by atoms with E-state index >= 15 is 0 Å². The van der Waals surface area contributed by atoms with Crippen LogP contribution < -0.4 is 3.53 Å². The lowest BCUT2D eigenvalue weighted by Gasteiger charge is -2.14. The van der Waals surface area contributed by atoms with Gasteiger partial charge < -0.3 is 0 Å². The Hall–Kier alpha value is 0.430. The van der Waals surface area contributed by atoms with Gasteiger partial charge in [0.2, 0.25) is 0 Å². The van der Waals surface area contributed by atoms with Crippen LogP contribution in [0.15, 0.2) is 12.2 Å². The minimum atomic E-state index is 0.857. The normalized spacial score (nSPS) is 25.1. The van der Waals surface area contributed by atoms with Gasteiger partial charge in [-0.3, -0.25) is 3.53 Å². The maximum atomic E-state index is 3.15. The van der Waals surface area contributed by atoms with E-state index in [9.17, 15) is 0 Å². The van der Waals surface area contributed by atoms with Crippen LogP contribution in [0.3, 0.4) is 0 Å². The highest BCUT2D eigenvalue weighted by Crippen LogP contribution is 2.19. The van der Waals surface area contributed by atoms with E-state index in [1.165, 1.54) is 25.7 Å². The molecule has 1 rings (SSSR count). The largest absolute Gasteiger partial charge is 0.261 e. The molecule has 1 nitrogen and oxygen atoms in total. The molecule has 1 unspecified atom stereocenters. The molecule has 10 heavy (non-hydrogen) atoms. The molecule has 0 aliphatic heterocycles.